The molecule has 1 amide bonds. The zero-order valence-corrected chi connectivity index (χ0v) is 13.0. The molecule has 1 aliphatic rings. The van der Waals surface area contributed by atoms with Crippen LogP contribution in [0, 0.1) is 11.8 Å². The van der Waals surface area contributed by atoms with E-state index in [9.17, 15) is 4.79 Å². The third-order valence-electron chi connectivity index (χ3n) is 4.11. The zero-order valence-electron chi connectivity index (χ0n) is 11.5. The summed E-state index contributed by atoms with van der Waals surface area (Å²) < 4.78 is 0. The Morgan fingerprint density at radius 2 is 2.20 bits per heavy atom. The summed E-state index contributed by atoms with van der Waals surface area (Å²) >= 11 is 12.2. The van der Waals surface area contributed by atoms with Crippen LogP contribution in [0.4, 0.5) is 0 Å². The van der Waals surface area contributed by atoms with Crippen molar-refractivity contribution >= 4 is 29.1 Å². The van der Waals surface area contributed by atoms with Gasteiger partial charge in [0.2, 0.25) is 5.91 Å². The van der Waals surface area contributed by atoms with Gasteiger partial charge >= 0.3 is 0 Å². The number of nitrogens with one attached hydrogen (secondary N) is 1. The monoisotopic (exact) mass is 314 g/mol. The average Bonchev–Trinajstić information content (AvgIpc) is 2.90. The minimum atomic E-state index is -0.160. The van der Waals surface area contributed by atoms with Crippen LogP contribution in [0.5, 0.6) is 0 Å². The molecule has 0 heterocycles. The van der Waals surface area contributed by atoms with Gasteiger partial charge in [0.05, 0.1) is 16.1 Å². The molecule has 1 aliphatic carbocycles. The van der Waals surface area contributed by atoms with Crippen molar-refractivity contribution in [1.82, 2.24) is 5.32 Å². The Kier molecular flexibility index (Phi) is 5.30. The summed E-state index contributed by atoms with van der Waals surface area (Å²) in [6.07, 6.45) is 3.04. The van der Waals surface area contributed by atoms with Gasteiger partial charge in [0.25, 0.3) is 0 Å². The first kappa shape index (κ1) is 15.6. The van der Waals surface area contributed by atoms with Crippen LogP contribution in [0.25, 0.3) is 0 Å². The van der Waals surface area contributed by atoms with Crippen molar-refractivity contribution < 1.29 is 4.79 Å². The van der Waals surface area contributed by atoms with Crippen molar-refractivity contribution in [3.63, 3.8) is 0 Å². The van der Waals surface area contributed by atoms with Crippen LogP contribution in [-0.2, 0) is 4.79 Å². The molecule has 20 heavy (non-hydrogen) atoms. The van der Waals surface area contributed by atoms with E-state index in [1.54, 1.807) is 6.07 Å². The highest BCUT2D eigenvalue weighted by Gasteiger charge is 2.32. The van der Waals surface area contributed by atoms with Gasteiger partial charge in [0, 0.05) is 5.92 Å². The number of nitrogens with two attached hydrogens (primary N) is 1. The topological polar surface area (TPSA) is 55.1 Å². The molecule has 0 aromatic heterocycles. The molecule has 1 saturated carbocycles. The molecule has 110 valence electrons. The molecule has 0 bridgehead atoms. The Hall–Kier alpha value is -0.770. The van der Waals surface area contributed by atoms with E-state index in [0.29, 0.717) is 22.5 Å². The fourth-order valence-electron chi connectivity index (χ4n) is 2.92. The second-order valence-corrected chi connectivity index (χ2v) is 6.19. The Balaban J connectivity index is 2.05. The summed E-state index contributed by atoms with van der Waals surface area (Å²) in [6.45, 7) is 2.49. The van der Waals surface area contributed by atoms with Gasteiger partial charge in [-0.25, -0.2) is 0 Å². The predicted octanol–water partition coefficient (Wildman–Crippen LogP) is 3.55. The molecule has 3 nitrogen and oxygen atoms in total. The molecule has 0 saturated heterocycles. The van der Waals surface area contributed by atoms with Crippen LogP contribution < -0.4 is 11.1 Å². The highest BCUT2D eigenvalue weighted by molar-refractivity contribution is 6.42. The van der Waals surface area contributed by atoms with E-state index in [4.69, 9.17) is 28.9 Å². The molecule has 2 rings (SSSR count). The molecule has 1 aromatic carbocycles. The summed E-state index contributed by atoms with van der Waals surface area (Å²) in [5, 5.41) is 4.04. The normalized spacial score (nSPS) is 23.6. The summed E-state index contributed by atoms with van der Waals surface area (Å²) in [5.74, 6) is 0.402. The fraction of sp³-hybridized carbons (Fsp3) is 0.533. The van der Waals surface area contributed by atoms with Gasteiger partial charge in [-0.2, -0.15) is 0 Å². The largest absolute Gasteiger partial charge is 0.349 e. The zero-order chi connectivity index (χ0) is 14.7. The molecule has 1 aromatic rings. The first-order valence-electron chi connectivity index (χ1n) is 6.99. The van der Waals surface area contributed by atoms with E-state index >= 15 is 0 Å². The number of hydrogen-bond donors (Lipinski definition) is 2. The van der Waals surface area contributed by atoms with Crippen molar-refractivity contribution in [2.45, 2.75) is 32.2 Å². The third-order valence-corrected chi connectivity index (χ3v) is 4.94. The van der Waals surface area contributed by atoms with Crippen molar-refractivity contribution in [3.8, 4) is 0 Å². The molecular weight excluding hydrogens is 295 g/mol. The molecule has 0 aliphatic heterocycles. The highest BCUT2D eigenvalue weighted by Crippen LogP contribution is 2.33. The maximum Gasteiger partial charge on any atom is 0.223 e. The highest BCUT2D eigenvalue weighted by atomic mass is 35.5. The lowest BCUT2D eigenvalue weighted by Crippen LogP contribution is -2.36. The van der Waals surface area contributed by atoms with Crippen LogP contribution in [0.1, 0.15) is 37.8 Å². The third kappa shape index (κ3) is 3.27. The summed E-state index contributed by atoms with van der Waals surface area (Å²) in [5.41, 5.74) is 6.57. The lowest BCUT2D eigenvalue weighted by Gasteiger charge is -2.22. The lowest BCUT2D eigenvalue weighted by atomic mass is 9.94. The number of carbonyl (C=O) groups excluding carboxylic acids is 1. The van der Waals surface area contributed by atoms with Gasteiger partial charge in [-0.1, -0.05) is 41.8 Å². The van der Waals surface area contributed by atoms with Crippen molar-refractivity contribution in [2.24, 2.45) is 17.6 Å². The molecular formula is C15H20Cl2N2O. The Morgan fingerprint density at radius 1 is 1.45 bits per heavy atom. The van der Waals surface area contributed by atoms with Crippen molar-refractivity contribution in [3.05, 3.63) is 33.8 Å². The van der Waals surface area contributed by atoms with E-state index < -0.39 is 0 Å². The van der Waals surface area contributed by atoms with Gasteiger partial charge in [0.15, 0.2) is 0 Å². The average molecular weight is 315 g/mol. The number of hydrogen-bond acceptors (Lipinski definition) is 2. The van der Waals surface area contributed by atoms with E-state index in [1.807, 2.05) is 19.1 Å². The molecule has 3 atom stereocenters. The van der Waals surface area contributed by atoms with Crippen LogP contribution >= 0.6 is 23.2 Å². The van der Waals surface area contributed by atoms with Crippen LogP contribution in [0.15, 0.2) is 18.2 Å². The van der Waals surface area contributed by atoms with Crippen molar-refractivity contribution in [2.75, 3.05) is 6.54 Å². The molecule has 1 fully saturated rings. The number of halogens is 2. The second-order valence-electron chi connectivity index (χ2n) is 5.41. The van der Waals surface area contributed by atoms with Crippen LogP contribution in [-0.4, -0.2) is 12.5 Å². The number of carbonyl (C=O) groups is 1. The standard InChI is InChI=1S/C15H20Cl2N2O/c1-9(11-5-3-7-13(16)14(11)17)19-15(20)12-6-2-4-10(12)8-18/h3,5,7,9-10,12H,2,4,6,8,18H2,1H3,(H,19,20)/t9?,10-,12-/m1/s1. The predicted molar refractivity (Wildman–Crippen MR) is 82.9 cm³/mol. The van der Waals surface area contributed by atoms with Crippen LogP contribution in [0.3, 0.4) is 0 Å². The SMILES string of the molecule is CC(NC(=O)[C@@H]1CCC[C@@H]1CN)c1cccc(Cl)c1Cl. The minimum absolute atomic E-state index is 0.0282. The lowest BCUT2D eigenvalue weighted by molar-refractivity contribution is -0.126. The maximum atomic E-state index is 12.4. The van der Waals surface area contributed by atoms with Gasteiger partial charge in [-0.15, -0.1) is 0 Å². The van der Waals surface area contributed by atoms with Crippen molar-refractivity contribution in [1.29, 1.82) is 0 Å². The Morgan fingerprint density at radius 3 is 2.90 bits per heavy atom. The van der Waals surface area contributed by atoms with Gasteiger partial charge < -0.3 is 11.1 Å². The van der Waals surface area contributed by atoms with Gasteiger partial charge in [0.1, 0.15) is 0 Å². The molecule has 5 heteroatoms. The summed E-state index contributed by atoms with van der Waals surface area (Å²) in [6, 6.07) is 5.30. The Labute approximate surface area is 129 Å². The summed E-state index contributed by atoms with van der Waals surface area (Å²) in [4.78, 5) is 12.4. The first-order valence-corrected chi connectivity index (χ1v) is 7.74. The van der Waals surface area contributed by atoms with Crippen LogP contribution in [0.2, 0.25) is 10.0 Å². The number of amides is 1. The molecule has 3 N–H and O–H groups in total. The number of rotatable bonds is 4. The van der Waals surface area contributed by atoms with E-state index in [2.05, 4.69) is 5.32 Å². The smallest absolute Gasteiger partial charge is 0.223 e. The number of benzene rings is 1. The van der Waals surface area contributed by atoms with E-state index in [1.165, 1.54) is 0 Å². The Bertz CT molecular complexity index is 493. The van der Waals surface area contributed by atoms with E-state index in [0.717, 1.165) is 24.8 Å². The molecule has 0 radical (unpaired) electrons. The quantitative estimate of drug-likeness (QED) is 0.893. The summed E-state index contributed by atoms with van der Waals surface area (Å²) in [7, 11) is 0. The maximum absolute atomic E-state index is 12.4. The second kappa shape index (κ2) is 6.79. The van der Waals surface area contributed by atoms with E-state index in [-0.39, 0.29) is 17.9 Å². The van der Waals surface area contributed by atoms with Gasteiger partial charge in [-0.05, 0) is 43.9 Å². The molecule has 0 spiro atoms. The first-order chi connectivity index (χ1) is 9.54. The van der Waals surface area contributed by atoms with Gasteiger partial charge in [-0.3, -0.25) is 4.79 Å². The minimum Gasteiger partial charge on any atom is -0.349 e. The molecule has 1 unspecified atom stereocenters. The fourth-order valence-corrected chi connectivity index (χ4v) is 3.39.